The third kappa shape index (κ3) is 2.79. The van der Waals surface area contributed by atoms with Gasteiger partial charge in [0.25, 0.3) is 0 Å². The highest BCUT2D eigenvalue weighted by atomic mass is 79.9. The Morgan fingerprint density at radius 3 is 2.23 bits per heavy atom. The van der Waals surface area contributed by atoms with E-state index in [1.54, 1.807) is 0 Å². The fourth-order valence-electron chi connectivity index (χ4n) is 1.33. The lowest BCUT2D eigenvalue weighted by Gasteiger charge is -2.22. The molecule has 72 valence electrons. The van der Waals surface area contributed by atoms with Gasteiger partial charge in [-0.15, -0.1) is 0 Å². The highest BCUT2D eigenvalue weighted by molar-refractivity contribution is 9.10. The third-order valence-electron chi connectivity index (χ3n) is 2.10. The van der Waals surface area contributed by atoms with Crippen LogP contribution in [0.5, 0.6) is 0 Å². The highest BCUT2D eigenvalue weighted by Crippen LogP contribution is 2.19. The van der Waals surface area contributed by atoms with Crippen LogP contribution in [0.1, 0.15) is 11.6 Å². The number of benzene rings is 1. The Bertz CT molecular complexity index is 256. The van der Waals surface area contributed by atoms with Crippen molar-refractivity contribution in [1.82, 2.24) is 4.90 Å². The molecular formula is C10H15BrN2. The summed E-state index contributed by atoms with van der Waals surface area (Å²) in [5.41, 5.74) is 6.95. The number of halogens is 1. The first-order valence-corrected chi connectivity index (χ1v) is 5.06. The number of nitrogens with two attached hydrogens (primary N) is 1. The molecular weight excluding hydrogens is 228 g/mol. The van der Waals surface area contributed by atoms with Crippen molar-refractivity contribution in [3.8, 4) is 0 Å². The molecule has 2 nitrogen and oxygen atoms in total. The second-order valence-corrected chi connectivity index (χ2v) is 4.18. The Morgan fingerprint density at radius 1 is 1.31 bits per heavy atom. The van der Waals surface area contributed by atoms with E-state index in [2.05, 4.69) is 33.0 Å². The molecule has 0 aliphatic heterocycles. The smallest absolute Gasteiger partial charge is 0.0464 e. The first kappa shape index (κ1) is 10.7. The summed E-state index contributed by atoms with van der Waals surface area (Å²) in [5, 5.41) is 0. The molecule has 1 aromatic rings. The van der Waals surface area contributed by atoms with Gasteiger partial charge in [0.05, 0.1) is 0 Å². The van der Waals surface area contributed by atoms with E-state index in [1.165, 1.54) is 5.56 Å². The average Bonchev–Trinajstić information content (AvgIpc) is 2.09. The second kappa shape index (κ2) is 4.74. The van der Waals surface area contributed by atoms with E-state index in [1.807, 2.05) is 26.2 Å². The number of rotatable bonds is 3. The van der Waals surface area contributed by atoms with E-state index in [4.69, 9.17) is 5.73 Å². The summed E-state index contributed by atoms with van der Waals surface area (Å²) in [6.45, 7) is 0.647. The summed E-state index contributed by atoms with van der Waals surface area (Å²) in [6, 6.07) is 8.60. The molecule has 0 fully saturated rings. The zero-order chi connectivity index (χ0) is 9.84. The topological polar surface area (TPSA) is 29.3 Å². The van der Waals surface area contributed by atoms with E-state index in [0.29, 0.717) is 12.6 Å². The van der Waals surface area contributed by atoms with Crippen molar-refractivity contribution in [2.75, 3.05) is 20.6 Å². The van der Waals surface area contributed by atoms with Gasteiger partial charge >= 0.3 is 0 Å². The van der Waals surface area contributed by atoms with Crippen molar-refractivity contribution in [2.24, 2.45) is 5.73 Å². The second-order valence-electron chi connectivity index (χ2n) is 3.27. The minimum Gasteiger partial charge on any atom is -0.329 e. The molecule has 0 aromatic heterocycles. The summed E-state index contributed by atoms with van der Waals surface area (Å²) in [7, 11) is 4.08. The van der Waals surface area contributed by atoms with Crippen molar-refractivity contribution < 1.29 is 0 Å². The lowest BCUT2D eigenvalue weighted by Crippen LogP contribution is -2.27. The first-order valence-electron chi connectivity index (χ1n) is 4.27. The Balaban J connectivity index is 2.86. The van der Waals surface area contributed by atoms with E-state index in [0.717, 1.165) is 4.47 Å². The van der Waals surface area contributed by atoms with Crippen LogP contribution in [0.2, 0.25) is 0 Å². The van der Waals surface area contributed by atoms with Crippen LogP contribution in [0.3, 0.4) is 0 Å². The molecule has 0 amide bonds. The summed E-state index contributed by atoms with van der Waals surface area (Å²) in [5.74, 6) is 0. The van der Waals surface area contributed by atoms with E-state index in [9.17, 15) is 0 Å². The van der Waals surface area contributed by atoms with Gasteiger partial charge < -0.3 is 10.6 Å². The fraction of sp³-hybridized carbons (Fsp3) is 0.400. The molecule has 0 saturated carbocycles. The molecule has 2 N–H and O–H groups in total. The molecule has 0 heterocycles. The van der Waals surface area contributed by atoms with E-state index in [-0.39, 0.29) is 0 Å². The summed E-state index contributed by atoms with van der Waals surface area (Å²) < 4.78 is 1.10. The van der Waals surface area contributed by atoms with Crippen molar-refractivity contribution in [3.05, 3.63) is 34.3 Å². The normalized spacial score (nSPS) is 13.3. The van der Waals surface area contributed by atoms with E-state index >= 15 is 0 Å². The molecule has 3 heteroatoms. The number of nitrogens with zero attached hydrogens (tertiary/aromatic N) is 1. The van der Waals surface area contributed by atoms with Gasteiger partial charge in [-0.3, -0.25) is 0 Å². The van der Waals surface area contributed by atoms with Gasteiger partial charge in [0.15, 0.2) is 0 Å². The lowest BCUT2D eigenvalue weighted by atomic mass is 10.1. The van der Waals surface area contributed by atoms with E-state index < -0.39 is 0 Å². The van der Waals surface area contributed by atoms with Crippen LogP contribution in [0.4, 0.5) is 0 Å². The van der Waals surface area contributed by atoms with Crippen LogP contribution in [-0.2, 0) is 0 Å². The van der Waals surface area contributed by atoms with Gasteiger partial charge in [0.1, 0.15) is 0 Å². The maximum Gasteiger partial charge on any atom is 0.0464 e. The van der Waals surface area contributed by atoms with Crippen molar-refractivity contribution in [1.29, 1.82) is 0 Å². The highest BCUT2D eigenvalue weighted by Gasteiger charge is 2.10. The molecule has 0 bridgehead atoms. The van der Waals surface area contributed by atoms with Gasteiger partial charge in [-0.1, -0.05) is 28.1 Å². The van der Waals surface area contributed by atoms with Gasteiger partial charge in [-0.2, -0.15) is 0 Å². The monoisotopic (exact) mass is 242 g/mol. The number of hydrogen-bond acceptors (Lipinski definition) is 2. The molecule has 0 radical (unpaired) electrons. The number of likely N-dealkylation sites (N-methyl/N-ethyl adjacent to an activating group) is 1. The van der Waals surface area contributed by atoms with Gasteiger partial charge in [0, 0.05) is 17.1 Å². The molecule has 1 aromatic carbocycles. The largest absolute Gasteiger partial charge is 0.329 e. The van der Waals surface area contributed by atoms with Crippen LogP contribution < -0.4 is 5.73 Å². The van der Waals surface area contributed by atoms with Crippen LogP contribution in [-0.4, -0.2) is 25.5 Å². The summed E-state index contributed by atoms with van der Waals surface area (Å²) in [4.78, 5) is 2.13. The van der Waals surface area contributed by atoms with Crippen molar-refractivity contribution in [3.63, 3.8) is 0 Å². The van der Waals surface area contributed by atoms with Gasteiger partial charge in [0.2, 0.25) is 0 Å². The summed E-state index contributed by atoms with van der Waals surface area (Å²) in [6.07, 6.45) is 0. The number of hydrogen-bond donors (Lipinski definition) is 1. The standard InChI is InChI=1S/C10H15BrN2/c1-13(2)10(7-12)8-3-5-9(11)6-4-8/h3-6,10H,7,12H2,1-2H3. The molecule has 0 saturated heterocycles. The van der Waals surface area contributed by atoms with Gasteiger partial charge in [-0.25, -0.2) is 0 Å². The quantitative estimate of drug-likeness (QED) is 0.879. The predicted octanol–water partition coefficient (Wildman–Crippen LogP) is 2.01. The zero-order valence-corrected chi connectivity index (χ0v) is 9.58. The molecule has 0 aliphatic rings. The molecule has 0 aliphatic carbocycles. The molecule has 1 atom stereocenters. The van der Waals surface area contributed by atoms with Crippen molar-refractivity contribution in [2.45, 2.75) is 6.04 Å². The summed E-state index contributed by atoms with van der Waals surface area (Å²) >= 11 is 3.41. The first-order chi connectivity index (χ1) is 6.15. The average molecular weight is 243 g/mol. The van der Waals surface area contributed by atoms with Gasteiger partial charge in [-0.05, 0) is 31.8 Å². The fourth-order valence-corrected chi connectivity index (χ4v) is 1.59. The maximum absolute atomic E-state index is 5.69. The van der Waals surface area contributed by atoms with Crippen LogP contribution in [0.15, 0.2) is 28.7 Å². The SMILES string of the molecule is CN(C)C(CN)c1ccc(Br)cc1. The molecule has 1 rings (SSSR count). The lowest BCUT2D eigenvalue weighted by molar-refractivity contribution is 0.306. The zero-order valence-electron chi connectivity index (χ0n) is 8.00. The van der Waals surface area contributed by atoms with Crippen LogP contribution >= 0.6 is 15.9 Å². The molecule has 13 heavy (non-hydrogen) atoms. The Kier molecular flexibility index (Phi) is 3.90. The minimum atomic E-state index is 0.313. The van der Waals surface area contributed by atoms with Crippen LogP contribution in [0, 0.1) is 0 Å². The molecule has 0 spiro atoms. The maximum atomic E-state index is 5.69. The third-order valence-corrected chi connectivity index (χ3v) is 2.63. The van der Waals surface area contributed by atoms with Crippen molar-refractivity contribution >= 4 is 15.9 Å². The van der Waals surface area contributed by atoms with Crippen LogP contribution in [0.25, 0.3) is 0 Å². The Morgan fingerprint density at radius 2 is 1.85 bits per heavy atom. The Hall–Kier alpha value is -0.380. The Labute approximate surface area is 87.9 Å². The minimum absolute atomic E-state index is 0.313. The molecule has 1 unspecified atom stereocenters. The predicted molar refractivity (Wildman–Crippen MR) is 59.6 cm³/mol.